The van der Waals surface area contributed by atoms with E-state index in [1.807, 2.05) is 0 Å². The molecule has 0 aliphatic heterocycles. The van der Waals surface area contributed by atoms with E-state index in [4.69, 9.17) is 5.26 Å². The molecule has 0 spiro atoms. The van der Waals surface area contributed by atoms with Gasteiger partial charge in [-0.2, -0.15) is 60.9 Å². The normalized spacial score (nSPS) is 14.6. The molecule has 2 N–H and O–H groups in total. The molecule has 0 unspecified atom stereocenters. The van der Waals surface area contributed by atoms with Gasteiger partial charge in [0, 0.05) is 12.1 Å². The number of amides is 1. The summed E-state index contributed by atoms with van der Waals surface area (Å²) in [5, 5.41) is 21.4. The molecule has 0 aliphatic carbocycles. The number of anilines is 1. The number of nitrogens with one attached hydrogen (secondary N) is 1. The fraction of sp³-hybridized carbons (Fsp3) is 0.652. The zero-order chi connectivity index (χ0) is 29.4. The average Bonchev–Trinajstić information content (AvgIpc) is 2.78. The van der Waals surface area contributed by atoms with E-state index >= 15 is 0 Å². The highest BCUT2D eigenvalue weighted by molar-refractivity contribution is 7.99. The van der Waals surface area contributed by atoms with Crippen LogP contribution in [0.5, 0.6) is 0 Å². The second-order valence-electron chi connectivity index (χ2n) is 8.75. The number of carbonyl (C=O) groups is 1. The number of thioether (sulfide) groups is 1. The summed E-state index contributed by atoms with van der Waals surface area (Å²) in [5.41, 5.74) is -4.02. The van der Waals surface area contributed by atoms with Crippen LogP contribution in [0.25, 0.3) is 0 Å². The molecule has 216 valence electrons. The van der Waals surface area contributed by atoms with Crippen molar-refractivity contribution in [2.45, 2.75) is 81.7 Å². The lowest BCUT2D eigenvalue weighted by molar-refractivity contribution is -0.354. The van der Waals surface area contributed by atoms with E-state index in [0.29, 0.717) is 38.2 Å². The fourth-order valence-corrected chi connectivity index (χ4v) is 4.22. The number of carbonyl (C=O) groups excluding carboxylic acids is 1. The molecule has 0 saturated carbocycles. The summed E-state index contributed by atoms with van der Waals surface area (Å²) in [5.74, 6) is -12.6. The Labute approximate surface area is 216 Å². The molecule has 0 heterocycles. The summed E-state index contributed by atoms with van der Waals surface area (Å²) in [6.45, 7) is 1.19. The minimum Gasteiger partial charge on any atom is -0.380 e. The SMILES string of the molecule is C[C@](O)(CCCCCCCSCCC(F)(F)C(F)(F)C(F)(F)F)C(=O)Nc1ccc(C#N)c(C(F)(F)F)c1. The average molecular weight is 585 g/mol. The quantitative estimate of drug-likeness (QED) is 0.175. The predicted octanol–water partition coefficient (Wildman–Crippen LogP) is 7.56. The number of unbranched alkanes of at least 4 members (excludes halogenated alkanes) is 4. The molecule has 38 heavy (non-hydrogen) atoms. The van der Waals surface area contributed by atoms with Gasteiger partial charge in [0.2, 0.25) is 0 Å². The van der Waals surface area contributed by atoms with Crippen LogP contribution < -0.4 is 5.32 Å². The van der Waals surface area contributed by atoms with Crippen LogP contribution in [0.15, 0.2) is 18.2 Å². The molecular weight excluding hydrogens is 558 g/mol. The van der Waals surface area contributed by atoms with Gasteiger partial charge in [0.1, 0.15) is 5.60 Å². The predicted molar refractivity (Wildman–Crippen MR) is 121 cm³/mol. The third-order valence-electron chi connectivity index (χ3n) is 5.52. The van der Waals surface area contributed by atoms with Gasteiger partial charge in [-0.15, -0.1) is 0 Å². The lowest BCUT2D eigenvalue weighted by atomic mass is 9.96. The van der Waals surface area contributed by atoms with Crippen molar-refractivity contribution in [1.82, 2.24) is 0 Å². The minimum absolute atomic E-state index is 0.0293. The first kappa shape index (κ1) is 33.8. The van der Waals surface area contributed by atoms with Gasteiger partial charge in [-0.05, 0) is 49.5 Å². The van der Waals surface area contributed by atoms with E-state index in [-0.39, 0.29) is 17.9 Å². The summed E-state index contributed by atoms with van der Waals surface area (Å²) in [7, 11) is 0. The molecule has 0 aliphatic rings. The minimum atomic E-state index is -6.34. The number of hydrogen-bond donors (Lipinski definition) is 2. The molecule has 1 rings (SSSR count). The number of rotatable bonds is 14. The second kappa shape index (κ2) is 13.2. The maximum absolute atomic E-state index is 13.2. The van der Waals surface area contributed by atoms with Crippen LogP contribution in [0.3, 0.4) is 0 Å². The van der Waals surface area contributed by atoms with Gasteiger partial charge in [-0.3, -0.25) is 4.79 Å². The summed E-state index contributed by atoms with van der Waals surface area (Å²) in [6, 6.07) is 4.00. The van der Waals surface area contributed by atoms with Crippen molar-refractivity contribution < 1.29 is 53.8 Å². The van der Waals surface area contributed by atoms with Crippen LogP contribution in [0.4, 0.5) is 49.6 Å². The summed E-state index contributed by atoms with van der Waals surface area (Å²) < 4.78 is 127. The maximum Gasteiger partial charge on any atom is 0.459 e. The molecule has 0 saturated heterocycles. The molecule has 0 fully saturated rings. The fourth-order valence-electron chi connectivity index (χ4n) is 3.20. The van der Waals surface area contributed by atoms with Gasteiger partial charge in [0.05, 0.1) is 17.2 Å². The van der Waals surface area contributed by atoms with Gasteiger partial charge in [-0.25, -0.2) is 0 Å². The van der Waals surface area contributed by atoms with Crippen molar-refractivity contribution in [1.29, 1.82) is 5.26 Å². The highest BCUT2D eigenvalue weighted by Crippen LogP contribution is 2.48. The van der Waals surface area contributed by atoms with E-state index in [0.717, 1.165) is 23.9 Å². The first-order chi connectivity index (χ1) is 17.3. The molecule has 1 atom stereocenters. The van der Waals surface area contributed by atoms with E-state index in [9.17, 15) is 53.8 Å². The van der Waals surface area contributed by atoms with Crippen LogP contribution in [0, 0.1) is 11.3 Å². The van der Waals surface area contributed by atoms with Crippen molar-refractivity contribution in [3.05, 3.63) is 29.3 Å². The Morgan fingerprint density at radius 2 is 1.50 bits per heavy atom. The summed E-state index contributed by atoms with van der Waals surface area (Å²) in [4.78, 5) is 12.3. The number of nitriles is 1. The number of aliphatic hydroxyl groups is 1. The molecule has 0 bridgehead atoms. The molecule has 1 aromatic carbocycles. The number of nitrogens with zero attached hydrogens (tertiary/aromatic N) is 1. The number of hydrogen-bond acceptors (Lipinski definition) is 4. The van der Waals surface area contributed by atoms with E-state index in [1.165, 1.54) is 13.0 Å². The van der Waals surface area contributed by atoms with Gasteiger partial charge in [0.15, 0.2) is 0 Å². The smallest absolute Gasteiger partial charge is 0.380 e. The number of alkyl halides is 10. The third kappa shape index (κ3) is 9.52. The number of benzene rings is 1. The second-order valence-corrected chi connectivity index (χ2v) is 9.98. The molecule has 1 aromatic rings. The zero-order valence-corrected chi connectivity index (χ0v) is 20.9. The Bertz CT molecular complexity index is 972. The van der Waals surface area contributed by atoms with E-state index in [1.54, 1.807) is 0 Å². The lowest BCUT2D eigenvalue weighted by Gasteiger charge is -2.28. The lowest BCUT2D eigenvalue weighted by Crippen LogP contribution is -2.52. The van der Waals surface area contributed by atoms with Crippen LogP contribution >= 0.6 is 11.8 Å². The Hall–Kier alpha value is -2.21. The van der Waals surface area contributed by atoms with Crippen LogP contribution in [-0.2, 0) is 11.0 Å². The van der Waals surface area contributed by atoms with Gasteiger partial charge < -0.3 is 10.4 Å². The monoisotopic (exact) mass is 584 g/mol. The maximum atomic E-state index is 13.2. The number of halogens is 10. The van der Waals surface area contributed by atoms with Crippen LogP contribution in [0.2, 0.25) is 0 Å². The van der Waals surface area contributed by atoms with Crippen molar-refractivity contribution in [2.75, 3.05) is 16.8 Å². The van der Waals surface area contributed by atoms with Gasteiger partial charge >= 0.3 is 24.2 Å². The molecule has 0 radical (unpaired) electrons. The Morgan fingerprint density at radius 3 is 2.05 bits per heavy atom. The first-order valence-electron chi connectivity index (χ1n) is 11.3. The highest BCUT2D eigenvalue weighted by atomic mass is 32.2. The zero-order valence-electron chi connectivity index (χ0n) is 20.1. The van der Waals surface area contributed by atoms with E-state index < -0.39 is 59.0 Å². The van der Waals surface area contributed by atoms with Crippen LogP contribution in [-0.4, -0.2) is 46.1 Å². The van der Waals surface area contributed by atoms with Crippen LogP contribution in [0.1, 0.15) is 63.0 Å². The van der Waals surface area contributed by atoms with Gasteiger partial charge in [-0.1, -0.05) is 25.7 Å². The van der Waals surface area contributed by atoms with Crippen molar-refractivity contribution in [3.63, 3.8) is 0 Å². The standard InChI is InChI=1S/C23H26F10N2O2S/c1-19(37,18(36)35-16-8-7-15(14-34)17(13-16)21(26,27)28)9-5-3-2-4-6-11-38-12-10-20(24,25)22(29,30)23(31,32)33/h7-8,13,37H,2-6,9-12H2,1H3,(H,35,36)/t19-/m0/s1. The molecule has 15 heteroatoms. The van der Waals surface area contributed by atoms with Gasteiger partial charge in [0.25, 0.3) is 5.91 Å². The van der Waals surface area contributed by atoms with Crippen molar-refractivity contribution in [3.8, 4) is 6.07 Å². The molecule has 4 nitrogen and oxygen atoms in total. The van der Waals surface area contributed by atoms with E-state index in [2.05, 4.69) is 5.32 Å². The summed E-state index contributed by atoms with van der Waals surface area (Å²) in [6.07, 6.45) is -10.3. The molecular formula is C23H26F10N2O2S. The Kier molecular flexibility index (Phi) is 11.8. The largest absolute Gasteiger partial charge is 0.459 e. The Morgan fingerprint density at radius 1 is 0.921 bits per heavy atom. The molecule has 0 aromatic heterocycles. The van der Waals surface area contributed by atoms with Crippen molar-refractivity contribution >= 4 is 23.4 Å². The first-order valence-corrected chi connectivity index (χ1v) is 12.5. The Balaban J connectivity index is 2.34. The highest BCUT2D eigenvalue weighted by Gasteiger charge is 2.72. The topological polar surface area (TPSA) is 73.1 Å². The summed E-state index contributed by atoms with van der Waals surface area (Å²) >= 11 is 0.823. The molecule has 1 amide bonds. The van der Waals surface area contributed by atoms with Crippen molar-refractivity contribution in [2.24, 2.45) is 0 Å². The third-order valence-corrected chi connectivity index (χ3v) is 6.59.